The number of fused-ring (bicyclic) bond motifs is 1. The molecule has 2 aromatic carbocycles. The van der Waals surface area contributed by atoms with Gasteiger partial charge in [-0.25, -0.2) is 23.1 Å². The van der Waals surface area contributed by atoms with Gasteiger partial charge in [-0.15, -0.1) is 0 Å². The van der Waals surface area contributed by atoms with Gasteiger partial charge in [-0.1, -0.05) is 18.2 Å². The van der Waals surface area contributed by atoms with Crippen LogP contribution in [0.25, 0.3) is 5.65 Å². The second kappa shape index (κ2) is 7.92. The molecule has 0 saturated carbocycles. The van der Waals surface area contributed by atoms with Crippen molar-refractivity contribution in [2.24, 2.45) is 5.73 Å². The van der Waals surface area contributed by atoms with Gasteiger partial charge in [-0.3, -0.25) is 4.90 Å². The maximum atomic E-state index is 14.5. The van der Waals surface area contributed by atoms with Gasteiger partial charge in [-0.2, -0.15) is 5.10 Å². The number of hydrogen-bond acceptors (Lipinski definition) is 4. The molecular weight excluding hydrogens is 414 g/mol. The molecule has 0 aliphatic carbocycles. The zero-order valence-corrected chi connectivity index (χ0v) is 17.0. The van der Waals surface area contributed by atoms with Crippen LogP contribution in [0.15, 0.2) is 67.0 Å². The minimum atomic E-state index is -0.667. The SMILES string of the molecule is NC(=O)N(c1ccccc1)c1cnn2ccc(N3CCCC3c3cc(F)ccc3F)nc12. The quantitative estimate of drug-likeness (QED) is 0.510. The molecule has 1 fully saturated rings. The Kier molecular flexibility index (Phi) is 4.93. The van der Waals surface area contributed by atoms with Gasteiger partial charge in [0.25, 0.3) is 0 Å². The molecule has 3 heterocycles. The van der Waals surface area contributed by atoms with Crippen molar-refractivity contribution in [2.75, 3.05) is 16.3 Å². The number of carbonyl (C=O) groups is 1. The van der Waals surface area contributed by atoms with Crippen LogP contribution in [0.2, 0.25) is 0 Å². The first kappa shape index (κ1) is 19.9. The van der Waals surface area contributed by atoms with E-state index in [1.165, 1.54) is 17.2 Å². The van der Waals surface area contributed by atoms with Gasteiger partial charge in [-0.05, 0) is 49.2 Å². The van der Waals surface area contributed by atoms with Gasteiger partial charge in [0, 0.05) is 18.3 Å². The lowest BCUT2D eigenvalue weighted by atomic mass is 10.0. The number of urea groups is 1. The van der Waals surface area contributed by atoms with Crippen molar-refractivity contribution in [1.29, 1.82) is 0 Å². The Morgan fingerprint density at radius 1 is 1.12 bits per heavy atom. The van der Waals surface area contributed by atoms with Crippen molar-refractivity contribution >= 4 is 28.9 Å². The second-order valence-electron chi connectivity index (χ2n) is 7.61. The summed E-state index contributed by atoms with van der Waals surface area (Å²) >= 11 is 0. The second-order valence-corrected chi connectivity index (χ2v) is 7.61. The number of rotatable bonds is 4. The molecule has 162 valence electrons. The summed E-state index contributed by atoms with van der Waals surface area (Å²) in [6, 6.07) is 13.3. The molecule has 32 heavy (non-hydrogen) atoms. The number of aromatic nitrogens is 3. The summed E-state index contributed by atoms with van der Waals surface area (Å²) in [6.07, 6.45) is 4.74. The Labute approximate surface area is 182 Å². The number of amides is 2. The Bertz CT molecular complexity index is 1290. The van der Waals surface area contributed by atoms with Crippen molar-refractivity contribution < 1.29 is 13.6 Å². The van der Waals surface area contributed by atoms with E-state index >= 15 is 0 Å². The first-order chi connectivity index (χ1) is 15.5. The smallest absolute Gasteiger partial charge is 0.324 e. The van der Waals surface area contributed by atoms with Gasteiger partial charge < -0.3 is 10.6 Å². The number of halogens is 2. The van der Waals surface area contributed by atoms with Crippen LogP contribution >= 0.6 is 0 Å². The van der Waals surface area contributed by atoms with E-state index in [4.69, 9.17) is 10.7 Å². The molecule has 0 radical (unpaired) electrons. The first-order valence-corrected chi connectivity index (χ1v) is 10.2. The molecule has 2 aromatic heterocycles. The molecule has 5 rings (SSSR count). The van der Waals surface area contributed by atoms with Crippen molar-refractivity contribution in [3.8, 4) is 0 Å². The molecule has 2 N–H and O–H groups in total. The molecule has 7 nitrogen and oxygen atoms in total. The third-order valence-electron chi connectivity index (χ3n) is 5.68. The number of primary amides is 1. The zero-order chi connectivity index (χ0) is 22.2. The number of benzene rings is 2. The summed E-state index contributed by atoms with van der Waals surface area (Å²) in [5.41, 5.74) is 7.42. The third-order valence-corrected chi connectivity index (χ3v) is 5.68. The van der Waals surface area contributed by atoms with E-state index in [2.05, 4.69) is 5.10 Å². The molecule has 0 bridgehead atoms. The predicted molar refractivity (Wildman–Crippen MR) is 117 cm³/mol. The zero-order valence-electron chi connectivity index (χ0n) is 17.0. The van der Waals surface area contributed by atoms with Gasteiger partial charge >= 0.3 is 6.03 Å². The van der Waals surface area contributed by atoms with Gasteiger partial charge in [0.15, 0.2) is 5.65 Å². The molecule has 1 aliphatic heterocycles. The molecule has 9 heteroatoms. The summed E-state index contributed by atoms with van der Waals surface area (Å²) in [5.74, 6) is -0.337. The Balaban J connectivity index is 1.58. The standard InChI is InChI=1S/C23H20F2N6O/c24-15-8-9-18(25)17(13-15)19-7-4-11-29(19)21-10-12-30-22(28-21)20(14-27-30)31(23(26)32)16-5-2-1-3-6-16/h1-3,5-6,8-10,12-14,19H,4,7,11H2,(H2,26,32). The minimum Gasteiger partial charge on any atom is -0.351 e. The summed E-state index contributed by atoms with van der Waals surface area (Å²) in [6.45, 7) is 0.644. The molecular formula is C23H20F2N6O. The summed E-state index contributed by atoms with van der Waals surface area (Å²) in [7, 11) is 0. The maximum Gasteiger partial charge on any atom is 0.324 e. The van der Waals surface area contributed by atoms with E-state index in [1.807, 2.05) is 11.0 Å². The summed E-state index contributed by atoms with van der Waals surface area (Å²) < 4.78 is 29.8. The van der Waals surface area contributed by atoms with E-state index in [-0.39, 0.29) is 6.04 Å². The first-order valence-electron chi connectivity index (χ1n) is 10.2. The van der Waals surface area contributed by atoms with Crippen molar-refractivity contribution in [3.63, 3.8) is 0 Å². The highest BCUT2D eigenvalue weighted by Crippen LogP contribution is 2.37. The fourth-order valence-electron chi connectivity index (χ4n) is 4.26. The van der Waals surface area contributed by atoms with Crippen LogP contribution < -0.4 is 15.5 Å². The molecule has 1 saturated heterocycles. The molecule has 0 spiro atoms. The topological polar surface area (TPSA) is 79.8 Å². The molecule has 4 aromatic rings. The predicted octanol–water partition coefficient (Wildman–Crippen LogP) is 4.57. The highest BCUT2D eigenvalue weighted by atomic mass is 19.1. The number of nitrogens with two attached hydrogens (primary N) is 1. The van der Waals surface area contributed by atoms with E-state index < -0.39 is 17.7 Å². The Morgan fingerprint density at radius 3 is 2.72 bits per heavy atom. The van der Waals surface area contributed by atoms with E-state index in [0.717, 1.165) is 18.6 Å². The van der Waals surface area contributed by atoms with Crippen molar-refractivity contribution in [2.45, 2.75) is 18.9 Å². The van der Waals surface area contributed by atoms with Crippen LogP contribution in [0.4, 0.5) is 30.8 Å². The van der Waals surface area contributed by atoms with Crippen LogP contribution in [0.5, 0.6) is 0 Å². The number of para-hydroxylation sites is 1. The lowest BCUT2D eigenvalue weighted by molar-refractivity contribution is 0.256. The maximum absolute atomic E-state index is 14.5. The summed E-state index contributed by atoms with van der Waals surface area (Å²) in [4.78, 5) is 20.3. The normalized spacial score (nSPS) is 15.9. The fraction of sp³-hybridized carbons (Fsp3) is 0.174. The van der Waals surface area contributed by atoms with Gasteiger partial charge in [0.05, 0.1) is 17.9 Å². The monoisotopic (exact) mass is 434 g/mol. The van der Waals surface area contributed by atoms with E-state index in [9.17, 15) is 13.6 Å². The van der Waals surface area contributed by atoms with Gasteiger partial charge in [0.2, 0.25) is 0 Å². The number of anilines is 3. The Morgan fingerprint density at radius 2 is 1.94 bits per heavy atom. The van der Waals surface area contributed by atoms with Crippen LogP contribution in [0.3, 0.4) is 0 Å². The van der Waals surface area contributed by atoms with Gasteiger partial charge in [0.1, 0.15) is 23.1 Å². The average Bonchev–Trinajstić information content (AvgIpc) is 3.43. The van der Waals surface area contributed by atoms with Crippen molar-refractivity contribution in [3.05, 3.63) is 84.2 Å². The fourth-order valence-corrected chi connectivity index (χ4v) is 4.26. The van der Waals surface area contributed by atoms with Crippen LogP contribution in [0, 0.1) is 11.6 Å². The van der Waals surface area contributed by atoms with Crippen LogP contribution in [-0.4, -0.2) is 27.2 Å². The highest BCUT2D eigenvalue weighted by Gasteiger charge is 2.30. The molecule has 2 amide bonds. The number of nitrogens with zero attached hydrogens (tertiary/aromatic N) is 5. The largest absolute Gasteiger partial charge is 0.351 e. The Hall–Kier alpha value is -4.01. The molecule has 1 aliphatic rings. The number of carbonyl (C=O) groups excluding carboxylic acids is 1. The minimum absolute atomic E-state index is 0.306. The highest BCUT2D eigenvalue weighted by molar-refractivity contribution is 6.01. The number of hydrogen-bond donors (Lipinski definition) is 1. The lowest BCUT2D eigenvalue weighted by Gasteiger charge is -2.26. The molecule has 1 atom stereocenters. The van der Waals surface area contributed by atoms with Crippen molar-refractivity contribution in [1.82, 2.24) is 14.6 Å². The average molecular weight is 434 g/mol. The summed E-state index contributed by atoms with van der Waals surface area (Å²) in [5, 5.41) is 4.29. The van der Waals surface area contributed by atoms with Crippen LogP contribution in [0.1, 0.15) is 24.4 Å². The van der Waals surface area contributed by atoms with E-state index in [1.54, 1.807) is 41.0 Å². The lowest BCUT2D eigenvalue weighted by Crippen LogP contribution is -2.31. The van der Waals surface area contributed by atoms with E-state index in [0.29, 0.717) is 41.4 Å². The molecule has 1 unspecified atom stereocenters. The third kappa shape index (κ3) is 3.41. The van der Waals surface area contributed by atoms with Crippen LogP contribution in [-0.2, 0) is 0 Å².